The Hall–Kier alpha value is -2.76. The number of nitrogens with zero attached hydrogens (tertiary/aromatic N) is 1. The van der Waals surface area contributed by atoms with Crippen LogP contribution in [0.15, 0.2) is 72.5 Å². The summed E-state index contributed by atoms with van der Waals surface area (Å²) in [6.07, 6.45) is 4.64. The van der Waals surface area contributed by atoms with Gasteiger partial charge in [-0.15, -0.1) is 11.3 Å². The van der Waals surface area contributed by atoms with E-state index in [-0.39, 0.29) is 5.82 Å². The molecule has 0 amide bonds. The summed E-state index contributed by atoms with van der Waals surface area (Å²) in [5.74, 6) is -0.306. The number of aliphatic hydroxyl groups excluding tert-OH is 1. The third kappa shape index (κ3) is 2.85. The molecule has 0 fully saturated rings. The number of aromatic amines is 1. The van der Waals surface area contributed by atoms with Crippen LogP contribution in [-0.2, 0) is 7.05 Å². The van der Waals surface area contributed by atoms with E-state index >= 15 is 0 Å². The molecule has 130 valence electrons. The van der Waals surface area contributed by atoms with Crippen LogP contribution in [0.3, 0.4) is 0 Å². The Morgan fingerprint density at radius 2 is 1.92 bits per heavy atom. The fraction of sp³-hybridized carbons (Fsp3) is 0.0952. The SMILES string of the molecule is Cn1cc(-c2cccs2)c(C(O)c2ccc[nH+]c2)c1-c1ccccc1F. The number of benzene rings is 1. The molecule has 2 N–H and O–H groups in total. The van der Waals surface area contributed by atoms with Crippen molar-refractivity contribution in [2.75, 3.05) is 0 Å². The summed E-state index contributed by atoms with van der Waals surface area (Å²) in [7, 11) is 1.88. The normalized spacial score (nSPS) is 12.3. The first kappa shape index (κ1) is 16.7. The van der Waals surface area contributed by atoms with Gasteiger partial charge in [0.2, 0.25) is 0 Å². The number of thiophene rings is 1. The average Bonchev–Trinajstić information content (AvgIpc) is 3.30. The molecule has 1 unspecified atom stereocenters. The molecule has 0 saturated heterocycles. The lowest BCUT2D eigenvalue weighted by Crippen LogP contribution is -2.08. The quantitative estimate of drug-likeness (QED) is 0.570. The van der Waals surface area contributed by atoms with Gasteiger partial charge < -0.3 is 9.67 Å². The van der Waals surface area contributed by atoms with Crippen molar-refractivity contribution in [3.05, 3.63) is 89.4 Å². The highest BCUT2D eigenvalue weighted by atomic mass is 32.1. The van der Waals surface area contributed by atoms with Crippen LogP contribution >= 0.6 is 11.3 Å². The summed E-state index contributed by atoms with van der Waals surface area (Å²) >= 11 is 1.60. The van der Waals surface area contributed by atoms with Crippen LogP contribution in [-0.4, -0.2) is 9.67 Å². The number of H-pyrrole nitrogens is 1. The molecule has 4 aromatic rings. The largest absolute Gasteiger partial charge is 0.383 e. The van der Waals surface area contributed by atoms with E-state index in [4.69, 9.17) is 0 Å². The highest BCUT2D eigenvalue weighted by molar-refractivity contribution is 7.13. The van der Waals surface area contributed by atoms with Crippen LogP contribution in [0.25, 0.3) is 21.7 Å². The molecule has 0 saturated carbocycles. The molecule has 26 heavy (non-hydrogen) atoms. The lowest BCUT2D eigenvalue weighted by molar-refractivity contribution is -0.379. The Kier molecular flexibility index (Phi) is 4.41. The van der Waals surface area contributed by atoms with Gasteiger partial charge in [0.1, 0.15) is 11.9 Å². The maximum Gasteiger partial charge on any atom is 0.173 e. The molecule has 3 aromatic heterocycles. The van der Waals surface area contributed by atoms with Crippen LogP contribution < -0.4 is 4.98 Å². The summed E-state index contributed by atoms with van der Waals surface area (Å²) in [5.41, 5.74) is 3.51. The van der Waals surface area contributed by atoms with Crippen LogP contribution in [0.5, 0.6) is 0 Å². The molecule has 3 heterocycles. The molecule has 3 nitrogen and oxygen atoms in total. The maximum atomic E-state index is 14.6. The monoisotopic (exact) mass is 365 g/mol. The number of halogens is 1. The van der Waals surface area contributed by atoms with E-state index in [0.29, 0.717) is 16.8 Å². The minimum atomic E-state index is -0.875. The third-order valence-electron chi connectivity index (χ3n) is 4.46. The highest BCUT2D eigenvalue weighted by Gasteiger charge is 2.26. The van der Waals surface area contributed by atoms with E-state index in [1.54, 1.807) is 35.9 Å². The molecule has 5 heteroatoms. The number of nitrogens with one attached hydrogen (secondary N) is 1. The molecule has 0 radical (unpaired) electrons. The molecule has 4 rings (SSSR count). The van der Waals surface area contributed by atoms with Gasteiger partial charge in [-0.25, -0.2) is 9.37 Å². The summed E-state index contributed by atoms with van der Waals surface area (Å²) in [4.78, 5) is 4.04. The zero-order chi connectivity index (χ0) is 18.1. The minimum absolute atomic E-state index is 0.306. The van der Waals surface area contributed by atoms with Crippen LogP contribution in [0.2, 0.25) is 0 Å². The van der Waals surface area contributed by atoms with E-state index in [1.165, 1.54) is 6.07 Å². The highest BCUT2D eigenvalue weighted by Crippen LogP contribution is 2.42. The molecular formula is C21H18FN2OS+. The molecule has 0 spiro atoms. The first-order valence-corrected chi connectivity index (χ1v) is 9.17. The Labute approximate surface area is 155 Å². The van der Waals surface area contributed by atoms with Gasteiger partial charge in [-0.1, -0.05) is 18.2 Å². The van der Waals surface area contributed by atoms with Gasteiger partial charge in [0.05, 0.1) is 5.69 Å². The van der Waals surface area contributed by atoms with Crippen molar-refractivity contribution < 1.29 is 14.5 Å². The average molecular weight is 365 g/mol. The van der Waals surface area contributed by atoms with Crippen LogP contribution in [0.1, 0.15) is 17.2 Å². The second-order valence-electron chi connectivity index (χ2n) is 6.11. The molecule has 1 aromatic carbocycles. The zero-order valence-corrected chi connectivity index (χ0v) is 15.0. The molecule has 0 bridgehead atoms. The fourth-order valence-electron chi connectivity index (χ4n) is 3.28. The van der Waals surface area contributed by atoms with Gasteiger partial charge in [-0.2, -0.15) is 0 Å². The summed E-state index contributed by atoms with van der Waals surface area (Å²) < 4.78 is 16.4. The Balaban J connectivity index is 1.99. The van der Waals surface area contributed by atoms with Crippen molar-refractivity contribution in [3.63, 3.8) is 0 Å². The second-order valence-corrected chi connectivity index (χ2v) is 7.06. The van der Waals surface area contributed by atoms with Crippen molar-refractivity contribution in [3.8, 4) is 21.7 Å². The third-order valence-corrected chi connectivity index (χ3v) is 5.36. The summed E-state index contributed by atoms with van der Waals surface area (Å²) in [6, 6.07) is 14.4. The van der Waals surface area contributed by atoms with Crippen LogP contribution in [0, 0.1) is 5.82 Å². The zero-order valence-electron chi connectivity index (χ0n) is 14.2. The fourth-order valence-corrected chi connectivity index (χ4v) is 4.03. The maximum absolute atomic E-state index is 14.6. The lowest BCUT2D eigenvalue weighted by Gasteiger charge is -2.15. The van der Waals surface area contributed by atoms with E-state index in [9.17, 15) is 9.50 Å². The van der Waals surface area contributed by atoms with Crippen molar-refractivity contribution in [1.82, 2.24) is 4.57 Å². The molecule has 0 aliphatic heterocycles. The summed E-state index contributed by atoms with van der Waals surface area (Å²) in [6.45, 7) is 0. The van der Waals surface area contributed by atoms with Gasteiger partial charge >= 0.3 is 0 Å². The number of hydrogen-bond acceptors (Lipinski definition) is 2. The molecule has 0 aliphatic rings. The number of aromatic nitrogens is 2. The van der Waals surface area contributed by atoms with E-state index in [0.717, 1.165) is 16.0 Å². The molecule has 1 atom stereocenters. The van der Waals surface area contributed by atoms with Crippen molar-refractivity contribution in [1.29, 1.82) is 0 Å². The first-order valence-electron chi connectivity index (χ1n) is 8.29. The van der Waals surface area contributed by atoms with Gasteiger partial charge in [0.15, 0.2) is 12.4 Å². The van der Waals surface area contributed by atoms with E-state index in [1.807, 2.05) is 53.5 Å². The number of aliphatic hydroxyl groups is 1. The van der Waals surface area contributed by atoms with Gasteiger partial charge in [-0.3, -0.25) is 0 Å². The Morgan fingerprint density at radius 3 is 2.62 bits per heavy atom. The van der Waals surface area contributed by atoms with E-state index in [2.05, 4.69) is 4.98 Å². The Morgan fingerprint density at radius 1 is 1.08 bits per heavy atom. The standard InChI is InChI=1S/C21H17FN2OS/c1-24-13-16(18-9-5-11-26-18)19(21(25)14-6-4-10-23-12-14)20(24)15-7-2-3-8-17(15)22/h2-13,21,25H,1H3/p+1. The number of hydrogen-bond donors (Lipinski definition) is 1. The topological polar surface area (TPSA) is 39.3 Å². The number of pyridine rings is 1. The molecule has 0 aliphatic carbocycles. The lowest BCUT2D eigenvalue weighted by atomic mass is 9.95. The van der Waals surface area contributed by atoms with Crippen molar-refractivity contribution in [2.24, 2.45) is 7.05 Å². The van der Waals surface area contributed by atoms with Gasteiger partial charge in [-0.05, 0) is 29.6 Å². The predicted octanol–water partition coefficient (Wildman–Crippen LogP) is 4.46. The predicted molar refractivity (Wildman–Crippen MR) is 101 cm³/mol. The van der Waals surface area contributed by atoms with E-state index < -0.39 is 6.10 Å². The Bertz CT molecular complexity index is 1030. The van der Waals surface area contributed by atoms with Crippen molar-refractivity contribution in [2.45, 2.75) is 6.10 Å². The molecular weight excluding hydrogens is 347 g/mol. The summed E-state index contributed by atoms with van der Waals surface area (Å²) in [5, 5.41) is 13.2. The van der Waals surface area contributed by atoms with Gasteiger partial charge in [0, 0.05) is 46.4 Å². The van der Waals surface area contributed by atoms with Gasteiger partial charge in [0.25, 0.3) is 0 Å². The smallest absolute Gasteiger partial charge is 0.173 e. The minimum Gasteiger partial charge on any atom is -0.383 e. The second kappa shape index (κ2) is 6.86. The first-order chi connectivity index (χ1) is 12.7. The number of rotatable bonds is 4. The van der Waals surface area contributed by atoms with Crippen LogP contribution in [0.4, 0.5) is 4.39 Å². The number of aryl methyl sites for hydroxylation is 1. The van der Waals surface area contributed by atoms with Crippen molar-refractivity contribution >= 4 is 11.3 Å².